The highest BCUT2D eigenvalue weighted by atomic mass is 32.2. The molecule has 0 bridgehead atoms. The fourth-order valence-corrected chi connectivity index (χ4v) is 1.58. The molecule has 88 valence electrons. The van der Waals surface area contributed by atoms with Gasteiger partial charge in [0.25, 0.3) is 0 Å². The zero-order chi connectivity index (χ0) is 12.0. The van der Waals surface area contributed by atoms with E-state index in [0.29, 0.717) is 12.2 Å². The summed E-state index contributed by atoms with van der Waals surface area (Å²) in [7, 11) is -0.888. The second-order valence-corrected chi connectivity index (χ2v) is 5.09. The molecule has 1 amide bonds. The van der Waals surface area contributed by atoms with Crippen molar-refractivity contribution in [2.45, 2.75) is 26.3 Å². The third-order valence-electron chi connectivity index (χ3n) is 1.99. The van der Waals surface area contributed by atoms with Crippen LogP contribution in [0.2, 0.25) is 0 Å². The van der Waals surface area contributed by atoms with Crippen LogP contribution in [0.25, 0.3) is 0 Å². The lowest BCUT2D eigenvalue weighted by Gasteiger charge is -2.14. The molecular weight excluding hydrogens is 218 g/mol. The smallest absolute Gasteiger partial charge is 0.315 e. The van der Waals surface area contributed by atoms with Crippen LogP contribution in [-0.2, 0) is 20.4 Å². The Morgan fingerprint density at radius 3 is 2.33 bits per heavy atom. The molecule has 2 N–H and O–H groups in total. The topological polar surface area (TPSA) is 83.5 Å². The number of nitrogens with one attached hydrogen (secondary N) is 1. The van der Waals surface area contributed by atoms with Gasteiger partial charge in [0, 0.05) is 28.9 Å². The quantitative estimate of drug-likeness (QED) is 0.634. The van der Waals surface area contributed by atoms with E-state index in [0.717, 1.165) is 0 Å². The molecule has 0 aliphatic carbocycles. The van der Waals surface area contributed by atoms with Gasteiger partial charge in [-0.1, -0.05) is 0 Å². The SMILES string of the molecule is CC(CCS(C)=O)NC(=O)C(C)C(=O)O. The highest BCUT2D eigenvalue weighted by Crippen LogP contribution is 1.98. The fourth-order valence-electron chi connectivity index (χ4n) is 0.895. The molecule has 3 unspecified atom stereocenters. The lowest BCUT2D eigenvalue weighted by Crippen LogP contribution is -2.39. The van der Waals surface area contributed by atoms with Crippen LogP contribution in [0, 0.1) is 5.92 Å². The average Bonchev–Trinajstić information content (AvgIpc) is 2.13. The molecule has 5 nitrogen and oxygen atoms in total. The van der Waals surface area contributed by atoms with Crippen molar-refractivity contribution in [3.63, 3.8) is 0 Å². The third kappa shape index (κ3) is 6.22. The predicted octanol–water partition coefficient (Wildman–Crippen LogP) is -0.0196. The predicted molar refractivity (Wildman–Crippen MR) is 58.0 cm³/mol. The molecule has 0 saturated carbocycles. The number of carboxylic acids is 1. The van der Waals surface area contributed by atoms with Gasteiger partial charge < -0.3 is 10.4 Å². The summed E-state index contributed by atoms with van der Waals surface area (Å²) < 4.78 is 10.8. The molecule has 0 aliphatic heterocycles. The van der Waals surface area contributed by atoms with Gasteiger partial charge in [0.15, 0.2) is 0 Å². The summed E-state index contributed by atoms with van der Waals surface area (Å²) >= 11 is 0. The molecular formula is C9H17NO4S. The van der Waals surface area contributed by atoms with Crippen LogP contribution in [0.15, 0.2) is 0 Å². The lowest BCUT2D eigenvalue weighted by molar-refractivity contribution is -0.146. The van der Waals surface area contributed by atoms with Gasteiger partial charge in [-0.25, -0.2) is 0 Å². The first-order valence-corrected chi connectivity index (χ1v) is 6.40. The molecule has 3 atom stereocenters. The van der Waals surface area contributed by atoms with Crippen LogP contribution < -0.4 is 5.32 Å². The Morgan fingerprint density at radius 1 is 1.40 bits per heavy atom. The Balaban J connectivity index is 3.96. The molecule has 0 saturated heterocycles. The van der Waals surface area contributed by atoms with Gasteiger partial charge in [0.2, 0.25) is 5.91 Å². The van der Waals surface area contributed by atoms with E-state index < -0.39 is 28.6 Å². The monoisotopic (exact) mass is 235 g/mol. The van der Waals surface area contributed by atoms with Crippen molar-refractivity contribution in [1.82, 2.24) is 5.32 Å². The minimum atomic E-state index is -1.14. The van der Waals surface area contributed by atoms with Crippen LogP contribution in [0.3, 0.4) is 0 Å². The molecule has 0 fully saturated rings. The summed E-state index contributed by atoms with van der Waals surface area (Å²) in [4.78, 5) is 21.8. The number of carboxylic acid groups (broad SMARTS) is 1. The molecule has 0 aromatic carbocycles. The molecule has 0 heterocycles. The van der Waals surface area contributed by atoms with Gasteiger partial charge in [0.1, 0.15) is 5.92 Å². The second kappa shape index (κ2) is 6.55. The molecule has 0 aromatic rings. The van der Waals surface area contributed by atoms with E-state index in [9.17, 15) is 13.8 Å². The first kappa shape index (κ1) is 14.1. The summed E-state index contributed by atoms with van der Waals surface area (Å²) in [6.45, 7) is 3.10. The van der Waals surface area contributed by atoms with Crippen molar-refractivity contribution in [3.8, 4) is 0 Å². The van der Waals surface area contributed by atoms with E-state index >= 15 is 0 Å². The van der Waals surface area contributed by atoms with Gasteiger partial charge >= 0.3 is 5.97 Å². The van der Waals surface area contributed by atoms with Crippen LogP contribution >= 0.6 is 0 Å². The number of aliphatic carboxylic acids is 1. The number of hydrogen-bond donors (Lipinski definition) is 2. The van der Waals surface area contributed by atoms with Crippen molar-refractivity contribution >= 4 is 22.7 Å². The first-order valence-electron chi connectivity index (χ1n) is 4.67. The standard InChI is InChI=1S/C9H17NO4S/c1-6(4-5-15(3)14)10-8(11)7(2)9(12)13/h6-7H,4-5H2,1-3H3,(H,10,11)(H,12,13). The summed E-state index contributed by atoms with van der Waals surface area (Å²) in [5, 5.41) is 11.1. The second-order valence-electron chi connectivity index (χ2n) is 3.54. The van der Waals surface area contributed by atoms with Gasteiger partial charge in [-0.2, -0.15) is 0 Å². The van der Waals surface area contributed by atoms with Gasteiger partial charge in [-0.3, -0.25) is 13.8 Å². The minimum absolute atomic E-state index is 0.150. The molecule has 0 spiro atoms. The zero-order valence-corrected chi connectivity index (χ0v) is 9.97. The summed E-state index contributed by atoms with van der Waals surface area (Å²) in [6.07, 6.45) is 2.18. The Hall–Kier alpha value is -0.910. The van der Waals surface area contributed by atoms with E-state index in [4.69, 9.17) is 5.11 Å². The average molecular weight is 235 g/mol. The Labute approximate surface area is 91.7 Å². The molecule has 6 heteroatoms. The van der Waals surface area contributed by atoms with Crippen molar-refractivity contribution in [1.29, 1.82) is 0 Å². The van der Waals surface area contributed by atoms with E-state index in [1.54, 1.807) is 13.2 Å². The fraction of sp³-hybridized carbons (Fsp3) is 0.778. The van der Waals surface area contributed by atoms with Gasteiger partial charge in [0.05, 0.1) is 0 Å². The highest BCUT2D eigenvalue weighted by Gasteiger charge is 2.21. The van der Waals surface area contributed by atoms with Crippen molar-refractivity contribution in [2.75, 3.05) is 12.0 Å². The lowest BCUT2D eigenvalue weighted by atomic mass is 10.1. The van der Waals surface area contributed by atoms with Crippen LogP contribution in [-0.4, -0.2) is 39.2 Å². The maximum Gasteiger partial charge on any atom is 0.315 e. The summed E-state index contributed by atoms with van der Waals surface area (Å²) in [5.41, 5.74) is 0. The highest BCUT2D eigenvalue weighted by molar-refractivity contribution is 7.84. The minimum Gasteiger partial charge on any atom is -0.481 e. The van der Waals surface area contributed by atoms with Crippen molar-refractivity contribution < 1.29 is 18.9 Å². The third-order valence-corrected chi connectivity index (χ3v) is 2.80. The number of rotatable bonds is 6. The van der Waals surface area contributed by atoms with E-state index in [-0.39, 0.29) is 6.04 Å². The van der Waals surface area contributed by atoms with Crippen LogP contribution in [0.5, 0.6) is 0 Å². The number of amides is 1. The van der Waals surface area contributed by atoms with Crippen LogP contribution in [0.4, 0.5) is 0 Å². The number of carbonyl (C=O) groups excluding carboxylic acids is 1. The Bertz CT molecular complexity index is 267. The normalized spacial score (nSPS) is 16.5. The Morgan fingerprint density at radius 2 is 1.93 bits per heavy atom. The van der Waals surface area contributed by atoms with E-state index in [1.165, 1.54) is 6.92 Å². The summed E-state index contributed by atoms with van der Waals surface area (Å²) in [5.74, 6) is -2.18. The van der Waals surface area contributed by atoms with E-state index in [2.05, 4.69) is 5.32 Å². The number of hydrogen-bond acceptors (Lipinski definition) is 3. The Kier molecular flexibility index (Phi) is 6.15. The van der Waals surface area contributed by atoms with E-state index in [1.807, 2.05) is 0 Å². The molecule has 15 heavy (non-hydrogen) atoms. The maximum absolute atomic E-state index is 11.3. The largest absolute Gasteiger partial charge is 0.481 e. The van der Waals surface area contributed by atoms with Crippen molar-refractivity contribution in [2.24, 2.45) is 5.92 Å². The molecule has 0 aliphatic rings. The van der Waals surface area contributed by atoms with Gasteiger partial charge in [-0.15, -0.1) is 0 Å². The molecule has 0 radical (unpaired) electrons. The van der Waals surface area contributed by atoms with Gasteiger partial charge in [-0.05, 0) is 20.3 Å². The molecule has 0 rings (SSSR count). The first-order chi connectivity index (χ1) is 6.84. The number of carbonyl (C=O) groups is 2. The van der Waals surface area contributed by atoms with Crippen molar-refractivity contribution in [3.05, 3.63) is 0 Å². The summed E-state index contributed by atoms with van der Waals surface area (Å²) in [6, 6.07) is -0.150. The maximum atomic E-state index is 11.3. The zero-order valence-electron chi connectivity index (χ0n) is 9.15. The molecule has 0 aromatic heterocycles. The van der Waals surface area contributed by atoms with Crippen LogP contribution in [0.1, 0.15) is 20.3 Å².